The minimum atomic E-state index is -0.540. The molecule has 1 aromatic heterocycles. The number of benzene rings is 1. The summed E-state index contributed by atoms with van der Waals surface area (Å²) >= 11 is 11.7. The van der Waals surface area contributed by atoms with Gasteiger partial charge in [0.1, 0.15) is 0 Å². The van der Waals surface area contributed by atoms with E-state index in [1.165, 1.54) is 6.20 Å². The Morgan fingerprint density at radius 1 is 1.07 bits per heavy atom. The maximum atomic E-state index is 13.4. The summed E-state index contributed by atoms with van der Waals surface area (Å²) in [5.74, 6) is -0.540. The van der Waals surface area contributed by atoms with Gasteiger partial charge in [-0.3, -0.25) is 0 Å². The van der Waals surface area contributed by atoms with Crippen molar-refractivity contribution in [2.24, 2.45) is 0 Å². The van der Waals surface area contributed by atoms with Crippen LogP contribution in [0.4, 0.5) is 4.39 Å². The lowest BCUT2D eigenvalue weighted by molar-refractivity contribution is 0.587. The Kier molecular flexibility index (Phi) is 2.89. The zero-order chi connectivity index (χ0) is 10.8. The molecule has 15 heavy (non-hydrogen) atoms. The van der Waals surface area contributed by atoms with Gasteiger partial charge >= 0.3 is 0 Å². The van der Waals surface area contributed by atoms with Crippen molar-refractivity contribution in [3.8, 4) is 11.1 Å². The van der Waals surface area contributed by atoms with E-state index >= 15 is 0 Å². The van der Waals surface area contributed by atoms with Crippen molar-refractivity contribution in [1.29, 1.82) is 0 Å². The summed E-state index contributed by atoms with van der Waals surface area (Å²) in [6.45, 7) is 0. The topological polar surface area (TPSA) is 12.9 Å². The quantitative estimate of drug-likeness (QED) is 0.683. The number of rotatable bonds is 1. The zero-order valence-corrected chi connectivity index (χ0v) is 9.06. The Morgan fingerprint density at radius 3 is 2.53 bits per heavy atom. The molecule has 0 bridgehead atoms. The summed E-state index contributed by atoms with van der Waals surface area (Å²) in [7, 11) is 0. The molecule has 0 unspecified atom stereocenters. The fraction of sp³-hybridized carbons (Fsp3) is 0. The normalized spacial score (nSPS) is 10.3. The fourth-order valence-corrected chi connectivity index (χ4v) is 1.81. The molecule has 2 rings (SSSR count). The molecule has 0 atom stereocenters. The summed E-state index contributed by atoms with van der Waals surface area (Å²) < 4.78 is 13.4. The number of halogens is 3. The predicted molar refractivity (Wildman–Crippen MR) is 59.7 cm³/mol. The number of hydrogen-bond donors (Lipinski definition) is 0. The van der Waals surface area contributed by atoms with E-state index in [1.807, 2.05) is 0 Å². The molecule has 0 aliphatic rings. The monoisotopic (exact) mass is 241 g/mol. The highest BCUT2D eigenvalue weighted by Gasteiger charge is 2.09. The van der Waals surface area contributed by atoms with Crippen molar-refractivity contribution in [2.45, 2.75) is 0 Å². The third-order valence-corrected chi connectivity index (χ3v) is 2.53. The van der Waals surface area contributed by atoms with Crippen molar-refractivity contribution >= 4 is 23.2 Å². The van der Waals surface area contributed by atoms with E-state index in [0.29, 0.717) is 21.2 Å². The van der Waals surface area contributed by atoms with E-state index in [0.717, 1.165) is 0 Å². The van der Waals surface area contributed by atoms with Gasteiger partial charge in [-0.05, 0) is 24.3 Å². The Morgan fingerprint density at radius 2 is 1.87 bits per heavy atom. The molecule has 0 fully saturated rings. The van der Waals surface area contributed by atoms with Crippen LogP contribution in [0.2, 0.25) is 10.0 Å². The molecule has 0 aliphatic carbocycles. The van der Waals surface area contributed by atoms with E-state index in [4.69, 9.17) is 23.2 Å². The maximum absolute atomic E-state index is 13.4. The number of hydrogen-bond acceptors (Lipinski definition) is 1. The molecule has 1 heterocycles. The molecule has 1 nitrogen and oxygen atoms in total. The molecule has 0 saturated heterocycles. The lowest BCUT2D eigenvalue weighted by Crippen LogP contribution is -1.88. The molecule has 76 valence electrons. The largest absolute Gasteiger partial charge is 0.228 e. The first-order chi connectivity index (χ1) is 7.18. The number of aromatic nitrogens is 1. The van der Waals surface area contributed by atoms with Crippen LogP contribution < -0.4 is 0 Å². The van der Waals surface area contributed by atoms with Crippen LogP contribution in [0.3, 0.4) is 0 Å². The first-order valence-corrected chi connectivity index (χ1v) is 5.00. The average molecular weight is 242 g/mol. The van der Waals surface area contributed by atoms with Gasteiger partial charge in [-0.1, -0.05) is 29.3 Å². The van der Waals surface area contributed by atoms with E-state index in [9.17, 15) is 4.39 Å². The number of nitrogens with zero attached hydrogens (tertiary/aromatic N) is 1. The Bertz CT molecular complexity index is 500. The molecule has 0 spiro atoms. The molecule has 0 N–H and O–H groups in total. The molecule has 2 aromatic rings. The van der Waals surface area contributed by atoms with Gasteiger partial charge in [0.15, 0.2) is 0 Å². The first-order valence-electron chi connectivity index (χ1n) is 4.24. The standard InChI is InChI=1S/C11H6Cl2FN/c12-7-3-4-8(10(13)6-7)9-2-1-5-15-11(9)14/h1-6H. The second kappa shape index (κ2) is 4.17. The smallest absolute Gasteiger partial charge is 0.220 e. The maximum Gasteiger partial charge on any atom is 0.220 e. The van der Waals surface area contributed by atoms with Gasteiger partial charge in [0.2, 0.25) is 5.95 Å². The fourth-order valence-electron chi connectivity index (χ4n) is 1.29. The summed E-state index contributed by atoms with van der Waals surface area (Å²) in [6.07, 6.45) is 1.39. The second-order valence-corrected chi connectivity index (χ2v) is 3.81. The van der Waals surface area contributed by atoms with Gasteiger partial charge in [0.25, 0.3) is 0 Å². The van der Waals surface area contributed by atoms with Gasteiger partial charge in [0.05, 0.1) is 5.02 Å². The van der Waals surface area contributed by atoms with Gasteiger partial charge in [0, 0.05) is 22.3 Å². The average Bonchev–Trinajstić information content (AvgIpc) is 2.20. The molecule has 4 heteroatoms. The van der Waals surface area contributed by atoms with Crippen molar-refractivity contribution in [2.75, 3.05) is 0 Å². The molecule has 0 saturated carbocycles. The van der Waals surface area contributed by atoms with Crippen LogP contribution in [0, 0.1) is 5.95 Å². The zero-order valence-electron chi connectivity index (χ0n) is 7.55. The molecule has 0 aliphatic heterocycles. The van der Waals surface area contributed by atoms with Crippen LogP contribution in [-0.2, 0) is 0 Å². The third-order valence-electron chi connectivity index (χ3n) is 1.98. The van der Waals surface area contributed by atoms with E-state index in [-0.39, 0.29) is 0 Å². The van der Waals surface area contributed by atoms with Gasteiger partial charge in [-0.2, -0.15) is 4.39 Å². The highest BCUT2D eigenvalue weighted by atomic mass is 35.5. The highest BCUT2D eigenvalue weighted by Crippen LogP contribution is 2.30. The molecule has 1 aromatic carbocycles. The van der Waals surface area contributed by atoms with Crippen LogP contribution in [0.1, 0.15) is 0 Å². The van der Waals surface area contributed by atoms with Crippen LogP contribution in [-0.4, -0.2) is 4.98 Å². The predicted octanol–water partition coefficient (Wildman–Crippen LogP) is 4.19. The van der Waals surface area contributed by atoms with Crippen LogP contribution in [0.15, 0.2) is 36.5 Å². The van der Waals surface area contributed by atoms with Gasteiger partial charge in [-0.25, -0.2) is 4.98 Å². The summed E-state index contributed by atoms with van der Waals surface area (Å²) in [5.41, 5.74) is 0.964. The van der Waals surface area contributed by atoms with Crippen molar-refractivity contribution in [1.82, 2.24) is 4.98 Å². The Balaban J connectivity index is 2.60. The lowest BCUT2D eigenvalue weighted by atomic mass is 10.1. The molecular formula is C11H6Cl2FN. The number of pyridine rings is 1. The summed E-state index contributed by atoms with van der Waals surface area (Å²) in [5, 5.41) is 0.933. The van der Waals surface area contributed by atoms with Crippen LogP contribution in [0.25, 0.3) is 11.1 Å². The summed E-state index contributed by atoms with van der Waals surface area (Å²) in [4.78, 5) is 3.56. The lowest BCUT2D eigenvalue weighted by Gasteiger charge is -2.04. The molecule has 0 amide bonds. The second-order valence-electron chi connectivity index (χ2n) is 2.97. The Hall–Kier alpha value is -1.12. The first kappa shape index (κ1) is 10.4. The molecular weight excluding hydrogens is 236 g/mol. The SMILES string of the molecule is Fc1ncccc1-c1ccc(Cl)cc1Cl. The van der Waals surface area contributed by atoms with Crippen molar-refractivity contribution in [3.05, 3.63) is 52.5 Å². The van der Waals surface area contributed by atoms with Gasteiger partial charge < -0.3 is 0 Å². The highest BCUT2D eigenvalue weighted by molar-refractivity contribution is 6.36. The minimum Gasteiger partial charge on any atom is -0.228 e. The van der Waals surface area contributed by atoms with Crippen molar-refractivity contribution in [3.63, 3.8) is 0 Å². The van der Waals surface area contributed by atoms with E-state index in [1.54, 1.807) is 30.3 Å². The third kappa shape index (κ3) is 2.11. The minimum absolute atomic E-state index is 0.374. The summed E-state index contributed by atoms with van der Waals surface area (Å²) in [6, 6.07) is 8.19. The van der Waals surface area contributed by atoms with Gasteiger partial charge in [-0.15, -0.1) is 0 Å². The van der Waals surface area contributed by atoms with E-state index in [2.05, 4.69) is 4.98 Å². The Labute approximate surface area is 96.5 Å². The van der Waals surface area contributed by atoms with Crippen LogP contribution in [0.5, 0.6) is 0 Å². The van der Waals surface area contributed by atoms with E-state index < -0.39 is 5.95 Å². The van der Waals surface area contributed by atoms with Crippen LogP contribution >= 0.6 is 23.2 Å². The van der Waals surface area contributed by atoms with Crippen molar-refractivity contribution < 1.29 is 4.39 Å². The molecule has 0 radical (unpaired) electrons.